The van der Waals surface area contributed by atoms with Gasteiger partial charge in [0.1, 0.15) is 0 Å². The molecule has 2 aromatic rings. The first kappa shape index (κ1) is 18.6. The highest BCUT2D eigenvalue weighted by atomic mass is 16.5. The summed E-state index contributed by atoms with van der Waals surface area (Å²) in [7, 11) is 4.44. The van der Waals surface area contributed by atoms with Crippen molar-refractivity contribution in [2.75, 3.05) is 26.6 Å². The summed E-state index contributed by atoms with van der Waals surface area (Å²) >= 11 is 0. The Kier molecular flexibility index (Phi) is 5.49. The molecule has 0 saturated heterocycles. The Hall–Kier alpha value is -3.22. The van der Waals surface area contributed by atoms with Gasteiger partial charge >= 0.3 is 0 Å². The molecule has 142 valence electrons. The molecule has 7 heteroatoms. The molecule has 1 saturated carbocycles. The number of amides is 2. The Labute approximate surface area is 157 Å². The van der Waals surface area contributed by atoms with Gasteiger partial charge in [0.15, 0.2) is 11.5 Å². The quantitative estimate of drug-likeness (QED) is 0.783. The van der Waals surface area contributed by atoms with E-state index >= 15 is 0 Å². The minimum Gasteiger partial charge on any atom is -0.493 e. The van der Waals surface area contributed by atoms with Gasteiger partial charge in [-0.1, -0.05) is 6.07 Å². The van der Waals surface area contributed by atoms with Gasteiger partial charge in [0, 0.05) is 17.3 Å². The monoisotopic (exact) mass is 370 g/mol. The Balaban J connectivity index is 1.82. The van der Waals surface area contributed by atoms with Crippen molar-refractivity contribution in [2.45, 2.75) is 18.9 Å². The smallest absolute Gasteiger partial charge is 0.259 e. The first-order chi connectivity index (χ1) is 13.1. The number of hydrogen-bond donors (Lipinski definition) is 2. The minimum atomic E-state index is -0.382. The molecule has 1 fully saturated rings. The van der Waals surface area contributed by atoms with Crippen molar-refractivity contribution in [2.24, 2.45) is 0 Å². The zero-order valence-electron chi connectivity index (χ0n) is 15.5. The molecule has 0 heterocycles. The molecular weight excluding hydrogens is 348 g/mol. The topological polar surface area (TPSA) is 85.9 Å². The summed E-state index contributed by atoms with van der Waals surface area (Å²) in [6.45, 7) is 0. The van der Waals surface area contributed by atoms with Crippen LogP contribution in [0.5, 0.6) is 17.2 Å². The molecule has 0 aromatic heterocycles. The fourth-order valence-corrected chi connectivity index (χ4v) is 2.71. The van der Waals surface area contributed by atoms with Gasteiger partial charge in [-0.15, -0.1) is 0 Å². The fraction of sp³-hybridized carbons (Fsp3) is 0.300. The lowest BCUT2D eigenvalue weighted by atomic mass is 10.1. The van der Waals surface area contributed by atoms with Crippen molar-refractivity contribution >= 4 is 17.5 Å². The van der Waals surface area contributed by atoms with Gasteiger partial charge in [-0.2, -0.15) is 0 Å². The largest absolute Gasteiger partial charge is 0.493 e. The van der Waals surface area contributed by atoms with Crippen LogP contribution in [-0.4, -0.2) is 39.2 Å². The van der Waals surface area contributed by atoms with Gasteiger partial charge < -0.3 is 24.8 Å². The van der Waals surface area contributed by atoms with Crippen LogP contribution in [0, 0.1) is 0 Å². The lowest BCUT2D eigenvalue weighted by Gasteiger charge is -2.15. The average molecular weight is 370 g/mol. The molecule has 7 nitrogen and oxygen atoms in total. The van der Waals surface area contributed by atoms with Crippen LogP contribution in [0.2, 0.25) is 0 Å². The number of hydrogen-bond acceptors (Lipinski definition) is 5. The minimum absolute atomic E-state index is 0.141. The molecule has 0 radical (unpaired) electrons. The van der Waals surface area contributed by atoms with E-state index < -0.39 is 0 Å². The van der Waals surface area contributed by atoms with Crippen LogP contribution in [0.4, 0.5) is 5.69 Å². The molecule has 1 aliphatic rings. The van der Waals surface area contributed by atoms with Crippen LogP contribution in [0.15, 0.2) is 36.4 Å². The average Bonchev–Trinajstić information content (AvgIpc) is 3.50. The van der Waals surface area contributed by atoms with Gasteiger partial charge in [-0.25, -0.2) is 0 Å². The Morgan fingerprint density at radius 3 is 2.30 bits per heavy atom. The van der Waals surface area contributed by atoms with Crippen molar-refractivity contribution in [3.63, 3.8) is 0 Å². The summed E-state index contributed by atoms with van der Waals surface area (Å²) in [5.41, 5.74) is 1.31. The van der Waals surface area contributed by atoms with Gasteiger partial charge in [-0.05, 0) is 43.2 Å². The van der Waals surface area contributed by atoms with E-state index in [0.29, 0.717) is 28.3 Å². The van der Waals surface area contributed by atoms with Crippen LogP contribution in [0.1, 0.15) is 33.6 Å². The Morgan fingerprint density at radius 2 is 1.67 bits per heavy atom. The van der Waals surface area contributed by atoms with Crippen LogP contribution >= 0.6 is 0 Å². The summed E-state index contributed by atoms with van der Waals surface area (Å²) in [6.07, 6.45) is 2.03. The second-order valence-corrected chi connectivity index (χ2v) is 6.16. The number of carbonyl (C=O) groups excluding carboxylic acids is 2. The van der Waals surface area contributed by atoms with Crippen molar-refractivity contribution < 1.29 is 23.8 Å². The van der Waals surface area contributed by atoms with Gasteiger partial charge in [0.25, 0.3) is 11.8 Å². The fourth-order valence-electron chi connectivity index (χ4n) is 2.71. The third-order valence-corrected chi connectivity index (χ3v) is 4.24. The molecular formula is C20H22N2O5. The van der Waals surface area contributed by atoms with E-state index in [2.05, 4.69) is 10.6 Å². The molecule has 0 atom stereocenters. The second kappa shape index (κ2) is 7.99. The molecule has 0 bridgehead atoms. The van der Waals surface area contributed by atoms with Gasteiger partial charge in [-0.3, -0.25) is 9.59 Å². The number of methoxy groups -OCH3 is 3. The zero-order valence-corrected chi connectivity index (χ0v) is 15.5. The molecule has 0 unspecified atom stereocenters. The van der Waals surface area contributed by atoms with Crippen LogP contribution in [0.25, 0.3) is 0 Å². The second-order valence-electron chi connectivity index (χ2n) is 6.16. The van der Waals surface area contributed by atoms with E-state index in [1.165, 1.54) is 21.3 Å². The van der Waals surface area contributed by atoms with Crippen LogP contribution < -0.4 is 24.8 Å². The molecule has 2 amide bonds. The molecule has 2 aromatic carbocycles. The SMILES string of the molecule is COc1ccc(C(=O)Nc2cccc(C(=O)NC3CC3)c2)c(OC)c1OC. The first-order valence-electron chi connectivity index (χ1n) is 8.58. The van der Waals surface area contributed by atoms with Crippen LogP contribution in [0.3, 0.4) is 0 Å². The molecule has 27 heavy (non-hydrogen) atoms. The van der Waals surface area contributed by atoms with E-state index in [1.54, 1.807) is 36.4 Å². The molecule has 0 spiro atoms. The van der Waals surface area contributed by atoms with E-state index in [4.69, 9.17) is 14.2 Å². The highest BCUT2D eigenvalue weighted by Crippen LogP contribution is 2.39. The van der Waals surface area contributed by atoms with Gasteiger partial charge in [0.05, 0.1) is 26.9 Å². The summed E-state index contributed by atoms with van der Waals surface area (Å²) in [5.74, 6) is 0.552. The van der Waals surface area contributed by atoms with Crippen molar-refractivity contribution in [3.05, 3.63) is 47.5 Å². The maximum Gasteiger partial charge on any atom is 0.259 e. The van der Waals surface area contributed by atoms with E-state index in [9.17, 15) is 9.59 Å². The summed E-state index contributed by atoms with van der Waals surface area (Å²) < 4.78 is 15.9. The van der Waals surface area contributed by atoms with Crippen molar-refractivity contribution in [3.8, 4) is 17.2 Å². The Morgan fingerprint density at radius 1 is 0.926 bits per heavy atom. The third-order valence-electron chi connectivity index (χ3n) is 4.24. The molecule has 0 aliphatic heterocycles. The predicted molar refractivity (Wildman–Crippen MR) is 101 cm³/mol. The number of ether oxygens (including phenoxy) is 3. The first-order valence-corrected chi connectivity index (χ1v) is 8.58. The maximum atomic E-state index is 12.7. The number of anilines is 1. The summed E-state index contributed by atoms with van der Waals surface area (Å²) in [4.78, 5) is 24.9. The Bertz CT molecular complexity index is 861. The number of rotatable bonds is 7. The highest BCUT2D eigenvalue weighted by molar-refractivity contribution is 6.07. The van der Waals surface area contributed by atoms with E-state index in [-0.39, 0.29) is 23.6 Å². The third kappa shape index (κ3) is 4.13. The summed E-state index contributed by atoms with van der Waals surface area (Å²) in [5, 5.41) is 5.72. The highest BCUT2D eigenvalue weighted by Gasteiger charge is 2.24. The van der Waals surface area contributed by atoms with E-state index in [1.807, 2.05) is 0 Å². The lowest BCUT2D eigenvalue weighted by Crippen LogP contribution is -2.25. The van der Waals surface area contributed by atoms with Gasteiger partial charge in [0.2, 0.25) is 5.75 Å². The maximum absolute atomic E-state index is 12.7. The number of carbonyl (C=O) groups is 2. The number of benzene rings is 2. The summed E-state index contributed by atoms with van der Waals surface area (Å²) in [6, 6.07) is 10.3. The van der Waals surface area contributed by atoms with E-state index in [0.717, 1.165) is 12.8 Å². The lowest BCUT2D eigenvalue weighted by molar-refractivity contribution is 0.0949. The van der Waals surface area contributed by atoms with Crippen LogP contribution in [-0.2, 0) is 0 Å². The zero-order chi connectivity index (χ0) is 19.4. The number of nitrogens with one attached hydrogen (secondary N) is 2. The molecule has 2 N–H and O–H groups in total. The molecule has 3 rings (SSSR count). The predicted octanol–water partition coefficient (Wildman–Crippen LogP) is 2.86. The van der Waals surface area contributed by atoms with Crippen molar-refractivity contribution in [1.82, 2.24) is 5.32 Å². The normalized spacial score (nSPS) is 12.9. The standard InChI is InChI=1S/C20H22N2O5/c1-25-16-10-9-15(17(26-2)18(16)27-3)20(24)22-14-6-4-5-12(11-14)19(23)21-13-7-8-13/h4-6,9-11,13H,7-8H2,1-3H3,(H,21,23)(H,22,24). The van der Waals surface area contributed by atoms with Crippen molar-refractivity contribution in [1.29, 1.82) is 0 Å². The molecule has 1 aliphatic carbocycles.